The fourth-order valence-corrected chi connectivity index (χ4v) is 6.78. The number of allylic oxidation sites excluding steroid dienone is 4. The van der Waals surface area contributed by atoms with Gasteiger partial charge >= 0.3 is 25.7 Å². The molecular weight excluding hydrogens is 721 g/mol. The highest BCUT2D eigenvalue weighted by Crippen LogP contribution is 2.43. The van der Waals surface area contributed by atoms with Gasteiger partial charge in [-0.05, 0) is 38.5 Å². The molecule has 12 heteroatoms. The molecule has 0 fully saturated rings. The number of carboxylic acids is 1. The molecule has 3 atom stereocenters. The summed E-state index contributed by atoms with van der Waals surface area (Å²) in [4.78, 5) is 45.9. The first kappa shape index (κ1) is 53.0. The van der Waals surface area contributed by atoms with Crippen LogP contribution in [0.4, 0.5) is 0 Å². The van der Waals surface area contributed by atoms with Crippen molar-refractivity contribution in [3.8, 4) is 0 Å². The quantitative estimate of drug-likeness (QED) is 0.0232. The van der Waals surface area contributed by atoms with E-state index in [1.54, 1.807) is 0 Å². The molecular formula is C43H80NO10P. The Balaban J connectivity index is 4.36. The van der Waals surface area contributed by atoms with Crippen LogP contribution in [0.2, 0.25) is 0 Å². The third-order valence-corrected chi connectivity index (χ3v) is 10.4. The number of hydrogen-bond acceptors (Lipinski definition) is 9. The molecule has 0 heterocycles. The minimum absolute atomic E-state index is 0.146. The van der Waals surface area contributed by atoms with Crippen LogP contribution in [0.15, 0.2) is 24.3 Å². The topological polar surface area (TPSA) is 172 Å². The van der Waals surface area contributed by atoms with Gasteiger partial charge in [0.2, 0.25) is 0 Å². The number of rotatable bonds is 41. The number of carboxylic acid groups (broad SMARTS) is 1. The maximum Gasteiger partial charge on any atom is 0.472 e. The zero-order valence-corrected chi connectivity index (χ0v) is 35.7. The molecule has 11 nitrogen and oxygen atoms in total. The molecule has 322 valence electrons. The summed E-state index contributed by atoms with van der Waals surface area (Å²) >= 11 is 0. The van der Waals surface area contributed by atoms with Gasteiger partial charge in [0.25, 0.3) is 0 Å². The van der Waals surface area contributed by atoms with Gasteiger partial charge in [-0.1, -0.05) is 173 Å². The second-order valence-electron chi connectivity index (χ2n) is 14.9. The molecule has 1 unspecified atom stereocenters. The number of unbranched alkanes of at least 4 members (excludes halogenated alkanes) is 24. The van der Waals surface area contributed by atoms with E-state index in [0.717, 1.165) is 57.8 Å². The molecule has 0 radical (unpaired) electrons. The summed E-state index contributed by atoms with van der Waals surface area (Å²) in [5, 5.41) is 8.88. The SMILES string of the molecule is CCCCCC/C=C/C=C/CCCCCCCC(=O)O[C@H](COC(=O)CCCCCCCCCCCCCCCCCC)COP(=O)(O)OC[C@H](N)C(=O)O. The number of hydrogen-bond donors (Lipinski definition) is 3. The van der Waals surface area contributed by atoms with Gasteiger partial charge in [0, 0.05) is 12.8 Å². The lowest BCUT2D eigenvalue weighted by Crippen LogP contribution is -2.34. The van der Waals surface area contributed by atoms with Gasteiger partial charge < -0.3 is 25.2 Å². The average molecular weight is 802 g/mol. The van der Waals surface area contributed by atoms with E-state index < -0.39 is 51.1 Å². The molecule has 0 aliphatic rings. The maximum absolute atomic E-state index is 12.6. The Morgan fingerprint density at radius 3 is 1.40 bits per heavy atom. The van der Waals surface area contributed by atoms with Gasteiger partial charge in [-0.2, -0.15) is 0 Å². The lowest BCUT2D eigenvalue weighted by molar-refractivity contribution is -0.161. The summed E-state index contributed by atoms with van der Waals surface area (Å²) in [7, 11) is -4.72. The summed E-state index contributed by atoms with van der Waals surface area (Å²) < 4.78 is 32.7. The van der Waals surface area contributed by atoms with E-state index in [1.165, 1.54) is 103 Å². The summed E-state index contributed by atoms with van der Waals surface area (Å²) in [6, 6.07) is -1.52. The predicted octanol–water partition coefficient (Wildman–Crippen LogP) is 11.5. The number of carbonyl (C=O) groups excluding carboxylic acids is 2. The first-order chi connectivity index (χ1) is 26.6. The fourth-order valence-electron chi connectivity index (χ4n) is 6.00. The smallest absolute Gasteiger partial charge is 0.472 e. The van der Waals surface area contributed by atoms with E-state index in [-0.39, 0.29) is 19.4 Å². The molecule has 0 aliphatic heterocycles. The van der Waals surface area contributed by atoms with Gasteiger partial charge in [-0.15, -0.1) is 0 Å². The summed E-state index contributed by atoms with van der Waals surface area (Å²) in [6.07, 6.45) is 39.5. The van der Waals surface area contributed by atoms with E-state index in [4.69, 9.17) is 24.8 Å². The predicted molar refractivity (Wildman–Crippen MR) is 222 cm³/mol. The fraction of sp³-hybridized carbons (Fsp3) is 0.837. The number of aliphatic carboxylic acids is 1. The average Bonchev–Trinajstić information content (AvgIpc) is 3.16. The Morgan fingerprint density at radius 1 is 0.564 bits per heavy atom. The van der Waals surface area contributed by atoms with Gasteiger partial charge in [0.05, 0.1) is 13.2 Å². The number of nitrogens with two attached hydrogens (primary N) is 1. The minimum atomic E-state index is -4.72. The summed E-state index contributed by atoms with van der Waals surface area (Å²) in [5.41, 5.74) is 5.33. The molecule has 0 aromatic carbocycles. The van der Waals surface area contributed by atoms with E-state index >= 15 is 0 Å². The van der Waals surface area contributed by atoms with Gasteiger partial charge in [0.15, 0.2) is 6.10 Å². The molecule has 0 amide bonds. The van der Waals surface area contributed by atoms with Crippen LogP contribution in [-0.4, -0.2) is 59.9 Å². The van der Waals surface area contributed by atoms with E-state index in [1.807, 2.05) is 0 Å². The number of ether oxygens (including phenoxy) is 2. The molecule has 0 spiro atoms. The number of phosphoric ester groups is 1. The van der Waals surface area contributed by atoms with Crippen molar-refractivity contribution in [1.82, 2.24) is 0 Å². The van der Waals surface area contributed by atoms with Crippen LogP contribution in [-0.2, 0) is 37.5 Å². The number of carbonyl (C=O) groups is 3. The van der Waals surface area contributed by atoms with Crippen LogP contribution in [0.3, 0.4) is 0 Å². The summed E-state index contributed by atoms with van der Waals surface area (Å²) in [5.74, 6) is -2.39. The monoisotopic (exact) mass is 802 g/mol. The molecule has 0 aliphatic carbocycles. The van der Waals surface area contributed by atoms with Crippen molar-refractivity contribution in [2.24, 2.45) is 5.73 Å². The minimum Gasteiger partial charge on any atom is -0.480 e. The number of phosphoric acid groups is 1. The van der Waals surface area contributed by atoms with Gasteiger partial charge in [-0.25, -0.2) is 4.57 Å². The van der Waals surface area contributed by atoms with Crippen LogP contribution in [0, 0.1) is 0 Å². The lowest BCUT2D eigenvalue weighted by atomic mass is 10.0. The summed E-state index contributed by atoms with van der Waals surface area (Å²) in [6.45, 7) is 2.78. The second-order valence-corrected chi connectivity index (χ2v) is 16.3. The van der Waals surface area contributed by atoms with Crippen molar-refractivity contribution >= 4 is 25.7 Å². The molecule has 0 aromatic rings. The zero-order valence-electron chi connectivity index (χ0n) is 34.8. The Hall–Kier alpha value is -2.04. The normalized spacial score (nSPS) is 14.0. The zero-order chi connectivity index (χ0) is 40.7. The molecule has 0 rings (SSSR count). The first-order valence-electron chi connectivity index (χ1n) is 21.9. The van der Waals surface area contributed by atoms with Crippen molar-refractivity contribution in [3.05, 3.63) is 24.3 Å². The second kappa shape index (κ2) is 38.8. The van der Waals surface area contributed by atoms with Crippen molar-refractivity contribution < 1.29 is 47.5 Å². The third kappa shape index (κ3) is 38.6. The van der Waals surface area contributed by atoms with Crippen LogP contribution in [0.1, 0.15) is 200 Å². The first-order valence-corrected chi connectivity index (χ1v) is 23.4. The Labute approximate surface area is 334 Å². The van der Waals surface area contributed by atoms with Crippen molar-refractivity contribution in [1.29, 1.82) is 0 Å². The van der Waals surface area contributed by atoms with Crippen LogP contribution in [0.25, 0.3) is 0 Å². The van der Waals surface area contributed by atoms with Crippen LogP contribution >= 0.6 is 7.82 Å². The van der Waals surface area contributed by atoms with Crippen LogP contribution < -0.4 is 5.73 Å². The van der Waals surface area contributed by atoms with Crippen LogP contribution in [0.5, 0.6) is 0 Å². The Bertz CT molecular complexity index is 1040. The standard InChI is InChI=1S/C43H80NO10P/c1-3-5-7-9-11-13-15-17-19-21-22-24-26-28-30-32-34-41(45)51-36-39(37-52-55(49,50)53-38-40(44)43(47)48)54-42(46)35-33-31-29-27-25-23-20-18-16-14-12-10-8-6-4-2/h14,16,18,20,39-40H,3-13,15,17,19,21-38,44H2,1-2H3,(H,47,48)(H,49,50)/b16-14+,20-18+/t39-,40+/m1/s1. The van der Waals surface area contributed by atoms with Gasteiger partial charge in [-0.3, -0.25) is 23.4 Å². The highest BCUT2D eigenvalue weighted by atomic mass is 31.2. The molecule has 4 N–H and O–H groups in total. The largest absolute Gasteiger partial charge is 0.480 e. The lowest BCUT2D eigenvalue weighted by Gasteiger charge is -2.20. The van der Waals surface area contributed by atoms with E-state index in [0.29, 0.717) is 12.8 Å². The van der Waals surface area contributed by atoms with Crippen molar-refractivity contribution in [2.45, 2.75) is 212 Å². The number of esters is 2. The maximum atomic E-state index is 12.6. The molecule has 0 aromatic heterocycles. The Kier molecular flexibility index (Phi) is 37.4. The third-order valence-electron chi connectivity index (χ3n) is 9.48. The molecule has 55 heavy (non-hydrogen) atoms. The van der Waals surface area contributed by atoms with E-state index in [9.17, 15) is 23.8 Å². The van der Waals surface area contributed by atoms with Crippen molar-refractivity contribution in [2.75, 3.05) is 19.8 Å². The highest BCUT2D eigenvalue weighted by Gasteiger charge is 2.28. The van der Waals surface area contributed by atoms with E-state index in [2.05, 4.69) is 42.7 Å². The van der Waals surface area contributed by atoms with Crippen molar-refractivity contribution in [3.63, 3.8) is 0 Å². The highest BCUT2D eigenvalue weighted by molar-refractivity contribution is 7.47. The molecule has 0 saturated carbocycles. The molecule has 0 bridgehead atoms. The molecule has 0 saturated heterocycles. The van der Waals surface area contributed by atoms with Gasteiger partial charge in [0.1, 0.15) is 12.6 Å². The Morgan fingerprint density at radius 2 is 0.945 bits per heavy atom.